The molecule has 7 nitrogen and oxygen atoms in total. The Kier molecular flexibility index (Phi) is 4.39. The molecular formula is C12H10ClN3O4S. The van der Waals surface area contributed by atoms with Crippen LogP contribution in [0.5, 0.6) is 0 Å². The number of aromatic nitrogens is 2. The van der Waals surface area contributed by atoms with Crippen molar-refractivity contribution in [2.24, 2.45) is 0 Å². The summed E-state index contributed by atoms with van der Waals surface area (Å²) in [6.07, 6.45) is 0. The smallest absolute Gasteiger partial charge is 0.339 e. The van der Waals surface area contributed by atoms with Gasteiger partial charge in [0.15, 0.2) is 11.0 Å². The van der Waals surface area contributed by atoms with E-state index in [0.717, 1.165) is 0 Å². The molecule has 0 radical (unpaired) electrons. The van der Waals surface area contributed by atoms with Crippen LogP contribution in [0.25, 0.3) is 0 Å². The number of hydrogen-bond donors (Lipinski definition) is 1. The highest BCUT2D eigenvalue weighted by Crippen LogP contribution is 2.19. The lowest BCUT2D eigenvalue weighted by Crippen LogP contribution is -2.18. The first-order chi connectivity index (χ1) is 9.94. The number of methoxy groups -OCH3 is 1. The third-order valence-corrected chi connectivity index (χ3v) is 4.07. The Balaban J connectivity index is 2.40. The number of carbonyl (C=O) groups excluding carboxylic acids is 1. The normalized spacial score (nSPS) is 11.0. The fraction of sp³-hybridized carbons (Fsp3) is 0.0833. The highest BCUT2D eigenvalue weighted by molar-refractivity contribution is 7.92. The summed E-state index contributed by atoms with van der Waals surface area (Å²) in [6.45, 7) is 0. The molecule has 21 heavy (non-hydrogen) atoms. The highest BCUT2D eigenvalue weighted by Gasteiger charge is 2.23. The molecule has 0 saturated carbocycles. The van der Waals surface area contributed by atoms with Gasteiger partial charge in [-0.15, -0.1) is 10.2 Å². The second-order valence-corrected chi connectivity index (χ2v) is 5.87. The Bertz CT molecular complexity index is 762. The molecule has 2 aromatic rings. The van der Waals surface area contributed by atoms with Gasteiger partial charge < -0.3 is 4.74 Å². The second-order valence-electron chi connectivity index (χ2n) is 3.83. The first kappa shape index (κ1) is 15.2. The Morgan fingerprint density at radius 1 is 1.19 bits per heavy atom. The lowest BCUT2D eigenvalue weighted by atomic mass is 10.2. The van der Waals surface area contributed by atoms with E-state index >= 15 is 0 Å². The van der Waals surface area contributed by atoms with Crippen molar-refractivity contribution in [1.29, 1.82) is 0 Å². The molecular weight excluding hydrogens is 318 g/mol. The van der Waals surface area contributed by atoms with Gasteiger partial charge in [-0.05, 0) is 24.3 Å². The van der Waals surface area contributed by atoms with Crippen molar-refractivity contribution in [3.63, 3.8) is 0 Å². The molecule has 1 N–H and O–H groups in total. The van der Waals surface area contributed by atoms with Crippen LogP contribution in [0.3, 0.4) is 0 Å². The molecule has 1 heterocycles. The predicted octanol–water partition coefficient (Wildman–Crippen LogP) is 1.72. The zero-order valence-electron chi connectivity index (χ0n) is 10.8. The van der Waals surface area contributed by atoms with Crippen molar-refractivity contribution < 1.29 is 17.9 Å². The van der Waals surface area contributed by atoms with Crippen molar-refractivity contribution in [2.75, 3.05) is 11.8 Å². The summed E-state index contributed by atoms with van der Waals surface area (Å²) in [5, 5.41) is 7.26. The number of halogens is 1. The summed E-state index contributed by atoms with van der Waals surface area (Å²) in [4.78, 5) is 11.4. The SMILES string of the molecule is COC(=O)c1ccccc1S(=O)(=O)Nc1ccc(Cl)nn1. The zero-order valence-corrected chi connectivity index (χ0v) is 12.4. The number of anilines is 1. The summed E-state index contributed by atoms with van der Waals surface area (Å²) in [5.74, 6) is -0.766. The number of carbonyl (C=O) groups is 1. The Morgan fingerprint density at radius 2 is 1.90 bits per heavy atom. The molecule has 0 unspecified atom stereocenters. The van der Waals surface area contributed by atoms with Crippen molar-refractivity contribution >= 4 is 33.4 Å². The van der Waals surface area contributed by atoms with Gasteiger partial charge in [-0.3, -0.25) is 4.72 Å². The van der Waals surface area contributed by atoms with E-state index in [1.165, 1.54) is 43.5 Å². The van der Waals surface area contributed by atoms with Crippen molar-refractivity contribution in [2.45, 2.75) is 4.90 Å². The third-order valence-electron chi connectivity index (χ3n) is 2.45. The van der Waals surface area contributed by atoms with Crippen LogP contribution in [-0.4, -0.2) is 31.7 Å². The van der Waals surface area contributed by atoms with Gasteiger partial charge in [0.2, 0.25) is 0 Å². The monoisotopic (exact) mass is 327 g/mol. The van der Waals surface area contributed by atoms with E-state index in [4.69, 9.17) is 11.6 Å². The van der Waals surface area contributed by atoms with Gasteiger partial charge in [0.1, 0.15) is 4.90 Å². The number of nitrogens with zero attached hydrogens (tertiary/aromatic N) is 2. The molecule has 110 valence electrons. The molecule has 0 bridgehead atoms. The second kappa shape index (κ2) is 6.06. The number of hydrogen-bond acceptors (Lipinski definition) is 6. The lowest BCUT2D eigenvalue weighted by Gasteiger charge is -2.10. The van der Waals surface area contributed by atoms with Crippen LogP contribution >= 0.6 is 11.6 Å². The van der Waals surface area contributed by atoms with Crippen molar-refractivity contribution in [3.05, 3.63) is 47.1 Å². The Hall–Kier alpha value is -2.19. The van der Waals surface area contributed by atoms with Crippen LogP contribution in [0, 0.1) is 0 Å². The molecule has 2 rings (SSSR count). The fourth-order valence-electron chi connectivity index (χ4n) is 1.54. The quantitative estimate of drug-likeness (QED) is 0.858. The van der Waals surface area contributed by atoms with Gasteiger partial charge in [0.25, 0.3) is 10.0 Å². The zero-order chi connectivity index (χ0) is 15.5. The number of rotatable bonds is 4. The summed E-state index contributed by atoms with van der Waals surface area (Å²) >= 11 is 5.57. The van der Waals surface area contributed by atoms with Gasteiger partial charge in [-0.1, -0.05) is 23.7 Å². The summed E-state index contributed by atoms with van der Waals surface area (Å²) in [5.41, 5.74) is -0.0746. The van der Waals surface area contributed by atoms with Crippen LogP contribution in [0.1, 0.15) is 10.4 Å². The molecule has 0 aliphatic carbocycles. The number of ether oxygens (including phenoxy) is 1. The molecule has 0 fully saturated rings. The van der Waals surface area contributed by atoms with E-state index in [0.29, 0.717) is 0 Å². The van der Waals surface area contributed by atoms with Gasteiger partial charge in [-0.25, -0.2) is 13.2 Å². The van der Waals surface area contributed by atoms with Gasteiger partial charge >= 0.3 is 5.97 Å². The minimum absolute atomic E-state index is 0.0148. The topological polar surface area (TPSA) is 98.2 Å². The lowest BCUT2D eigenvalue weighted by molar-refractivity contribution is 0.0596. The molecule has 0 aliphatic rings. The fourth-order valence-corrected chi connectivity index (χ4v) is 2.84. The van der Waals surface area contributed by atoms with E-state index in [1.807, 2.05) is 0 Å². The summed E-state index contributed by atoms with van der Waals surface area (Å²) in [7, 11) is -2.84. The first-order valence-corrected chi connectivity index (χ1v) is 7.49. The maximum atomic E-state index is 12.3. The largest absolute Gasteiger partial charge is 0.465 e. The molecule has 9 heteroatoms. The minimum atomic E-state index is -4.01. The minimum Gasteiger partial charge on any atom is -0.465 e. The maximum Gasteiger partial charge on any atom is 0.339 e. The Morgan fingerprint density at radius 3 is 2.52 bits per heavy atom. The van der Waals surface area contributed by atoms with Crippen LogP contribution in [0.15, 0.2) is 41.3 Å². The van der Waals surface area contributed by atoms with E-state index in [1.54, 1.807) is 0 Å². The summed E-state index contributed by atoms with van der Waals surface area (Å²) < 4.78 is 31.4. The van der Waals surface area contributed by atoms with Crippen molar-refractivity contribution in [1.82, 2.24) is 10.2 Å². The molecule has 0 saturated heterocycles. The Labute approximate surface area is 126 Å². The van der Waals surface area contributed by atoms with Crippen molar-refractivity contribution in [3.8, 4) is 0 Å². The van der Waals surface area contributed by atoms with Crippen LogP contribution in [0.4, 0.5) is 5.82 Å². The number of nitrogens with one attached hydrogen (secondary N) is 1. The molecule has 0 atom stereocenters. The first-order valence-electron chi connectivity index (χ1n) is 5.63. The van der Waals surface area contributed by atoms with E-state index < -0.39 is 16.0 Å². The maximum absolute atomic E-state index is 12.3. The summed E-state index contributed by atoms with van der Waals surface area (Å²) in [6, 6.07) is 8.42. The predicted molar refractivity (Wildman–Crippen MR) is 75.6 cm³/mol. The van der Waals surface area contributed by atoms with Crippen LogP contribution in [-0.2, 0) is 14.8 Å². The average molecular weight is 328 g/mol. The average Bonchev–Trinajstić information content (AvgIpc) is 2.48. The van der Waals surface area contributed by atoms with Gasteiger partial charge in [0, 0.05) is 0 Å². The van der Waals surface area contributed by atoms with E-state index in [-0.39, 0.29) is 21.4 Å². The van der Waals surface area contributed by atoms with E-state index in [2.05, 4.69) is 19.7 Å². The standard InChI is InChI=1S/C12H10ClN3O4S/c1-20-12(17)8-4-2-3-5-9(8)21(18,19)16-11-7-6-10(13)14-15-11/h2-7H,1H3,(H,15,16). The van der Waals surface area contributed by atoms with E-state index in [9.17, 15) is 13.2 Å². The number of benzene rings is 1. The molecule has 0 amide bonds. The number of esters is 1. The highest BCUT2D eigenvalue weighted by atomic mass is 35.5. The molecule has 0 spiro atoms. The van der Waals surface area contributed by atoms with Crippen LogP contribution < -0.4 is 4.72 Å². The molecule has 1 aromatic carbocycles. The number of sulfonamides is 1. The van der Waals surface area contributed by atoms with Crippen LogP contribution in [0.2, 0.25) is 5.15 Å². The third kappa shape index (κ3) is 3.47. The molecule has 1 aromatic heterocycles. The van der Waals surface area contributed by atoms with Gasteiger partial charge in [0.05, 0.1) is 12.7 Å². The molecule has 0 aliphatic heterocycles. The van der Waals surface area contributed by atoms with Gasteiger partial charge in [-0.2, -0.15) is 0 Å².